The fraction of sp³-hybridized carbons (Fsp3) is 0.500. The number of anilines is 1. The van der Waals surface area contributed by atoms with Crippen molar-refractivity contribution in [2.45, 2.75) is 33.2 Å². The summed E-state index contributed by atoms with van der Waals surface area (Å²) in [5, 5.41) is 10.4. The standard InChI is InChI=1S/C16H22N6O/c1-10(2)6-13-20-14-12(4-5-17-16(14)23)15(21-13)18-7-11-8-19-22(3)9-11/h8-10H,4-7H2,1-3H3,(H,17,23)(H,18,20,21). The van der Waals surface area contributed by atoms with Gasteiger partial charge < -0.3 is 10.6 Å². The Bertz CT molecular complexity index is 721. The van der Waals surface area contributed by atoms with Crippen LogP contribution in [0.2, 0.25) is 0 Å². The summed E-state index contributed by atoms with van der Waals surface area (Å²) in [4.78, 5) is 21.2. The van der Waals surface area contributed by atoms with E-state index >= 15 is 0 Å². The summed E-state index contributed by atoms with van der Waals surface area (Å²) in [6.07, 6.45) is 5.28. The molecule has 1 aliphatic heterocycles. The molecule has 0 aromatic carbocycles. The maximum absolute atomic E-state index is 12.1. The first-order chi connectivity index (χ1) is 11.0. The molecule has 0 atom stereocenters. The summed E-state index contributed by atoms with van der Waals surface area (Å²) in [7, 11) is 1.89. The van der Waals surface area contributed by atoms with Crippen LogP contribution in [-0.2, 0) is 26.4 Å². The van der Waals surface area contributed by atoms with Crippen LogP contribution in [0.3, 0.4) is 0 Å². The van der Waals surface area contributed by atoms with Gasteiger partial charge in [-0.05, 0) is 12.3 Å². The molecule has 122 valence electrons. The topological polar surface area (TPSA) is 84.7 Å². The normalized spacial score (nSPS) is 13.8. The van der Waals surface area contributed by atoms with Crippen molar-refractivity contribution >= 4 is 11.7 Å². The minimum atomic E-state index is -0.108. The molecule has 1 aliphatic rings. The lowest BCUT2D eigenvalue weighted by Crippen LogP contribution is -2.34. The smallest absolute Gasteiger partial charge is 0.270 e. The second kappa shape index (κ2) is 6.36. The van der Waals surface area contributed by atoms with Crippen molar-refractivity contribution in [3.63, 3.8) is 0 Å². The lowest BCUT2D eigenvalue weighted by atomic mass is 10.0. The van der Waals surface area contributed by atoms with Gasteiger partial charge >= 0.3 is 0 Å². The number of nitrogens with one attached hydrogen (secondary N) is 2. The number of hydrogen-bond donors (Lipinski definition) is 2. The Kier molecular flexibility index (Phi) is 4.27. The average molecular weight is 314 g/mol. The minimum absolute atomic E-state index is 0.108. The fourth-order valence-corrected chi connectivity index (χ4v) is 2.69. The molecule has 0 spiro atoms. The van der Waals surface area contributed by atoms with E-state index in [0.29, 0.717) is 30.5 Å². The van der Waals surface area contributed by atoms with Gasteiger partial charge in [-0.3, -0.25) is 9.48 Å². The van der Waals surface area contributed by atoms with Crippen molar-refractivity contribution in [1.29, 1.82) is 0 Å². The second-order valence-corrected chi connectivity index (χ2v) is 6.30. The van der Waals surface area contributed by atoms with Crippen molar-refractivity contribution in [2.24, 2.45) is 13.0 Å². The van der Waals surface area contributed by atoms with Crippen LogP contribution in [0.4, 0.5) is 5.82 Å². The number of aromatic nitrogens is 4. The monoisotopic (exact) mass is 314 g/mol. The molecule has 2 aromatic rings. The summed E-state index contributed by atoms with van der Waals surface area (Å²) in [6.45, 7) is 5.48. The molecule has 1 amide bonds. The Morgan fingerprint density at radius 2 is 2.22 bits per heavy atom. The maximum atomic E-state index is 12.1. The summed E-state index contributed by atoms with van der Waals surface area (Å²) in [6, 6.07) is 0. The van der Waals surface area contributed by atoms with Crippen LogP contribution in [0.5, 0.6) is 0 Å². The van der Waals surface area contributed by atoms with Crippen LogP contribution >= 0.6 is 0 Å². The molecule has 2 aromatic heterocycles. The number of hydrogen-bond acceptors (Lipinski definition) is 5. The van der Waals surface area contributed by atoms with Crippen molar-refractivity contribution in [2.75, 3.05) is 11.9 Å². The molecular weight excluding hydrogens is 292 g/mol. The van der Waals surface area contributed by atoms with E-state index in [0.717, 1.165) is 29.8 Å². The predicted octanol–water partition coefficient (Wildman–Crippen LogP) is 1.31. The van der Waals surface area contributed by atoms with Crippen LogP contribution in [0.25, 0.3) is 0 Å². The molecule has 0 saturated heterocycles. The third-order valence-electron chi connectivity index (χ3n) is 3.74. The molecule has 0 bridgehead atoms. The summed E-state index contributed by atoms with van der Waals surface area (Å²) in [5.41, 5.74) is 2.49. The molecule has 23 heavy (non-hydrogen) atoms. The Morgan fingerprint density at radius 1 is 1.39 bits per heavy atom. The summed E-state index contributed by atoms with van der Waals surface area (Å²) in [5.74, 6) is 1.81. The first-order valence-corrected chi connectivity index (χ1v) is 7.92. The van der Waals surface area contributed by atoms with Gasteiger partial charge in [0.25, 0.3) is 5.91 Å². The Morgan fingerprint density at radius 3 is 2.91 bits per heavy atom. The molecule has 3 heterocycles. The van der Waals surface area contributed by atoms with E-state index in [4.69, 9.17) is 0 Å². The largest absolute Gasteiger partial charge is 0.366 e. The highest BCUT2D eigenvalue weighted by molar-refractivity contribution is 5.95. The van der Waals surface area contributed by atoms with Gasteiger partial charge in [0.1, 0.15) is 17.3 Å². The highest BCUT2D eigenvalue weighted by Gasteiger charge is 2.23. The van der Waals surface area contributed by atoms with E-state index < -0.39 is 0 Å². The Balaban J connectivity index is 1.89. The molecule has 0 aliphatic carbocycles. The van der Waals surface area contributed by atoms with Gasteiger partial charge in [-0.1, -0.05) is 13.8 Å². The second-order valence-electron chi connectivity index (χ2n) is 6.30. The highest BCUT2D eigenvalue weighted by Crippen LogP contribution is 2.22. The molecule has 0 saturated carbocycles. The number of rotatable bonds is 5. The molecular formula is C16H22N6O. The molecule has 2 N–H and O–H groups in total. The van der Waals surface area contributed by atoms with Crippen molar-refractivity contribution < 1.29 is 4.79 Å². The fourth-order valence-electron chi connectivity index (χ4n) is 2.69. The number of nitrogens with zero attached hydrogens (tertiary/aromatic N) is 4. The zero-order valence-corrected chi connectivity index (χ0v) is 13.8. The first-order valence-electron chi connectivity index (χ1n) is 7.92. The van der Waals surface area contributed by atoms with E-state index in [1.807, 2.05) is 19.4 Å². The molecule has 0 unspecified atom stereocenters. The molecule has 0 radical (unpaired) electrons. The van der Waals surface area contributed by atoms with E-state index in [2.05, 4.69) is 39.5 Å². The Labute approximate surface area is 135 Å². The van der Waals surface area contributed by atoms with Crippen LogP contribution < -0.4 is 10.6 Å². The zero-order valence-electron chi connectivity index (χ0n) is 13.8. The SMILES string of the molecule is CC(C)Cc1nc(NCc2cnn(C)c2)c2c(n1)C(=O)NCC2. The predicted molar refractivity (Wildman–Crippen MR) is 87.1 cm³/mol. The van der Waals surface area contributed by atoms with Gasteiger partial charge in [0.2, 0.25) is 0 Å². The van der Waals surface area contributed by atoms with E-state index in [1.165, 1.54) is 0 Å². The van der Waals surface area contributed by atoms with E-state index in [1.54, 1.807) is 4.68 Å². The highest BCUT2D eigenvalue weighted by atomic mass is 16.1. The number of carbonyl (C=O) groups is 1. The molecule has 0 fully saturated rings. The Hall–Kier alpha value is -2.44. The van der Waals surface area contributed by atoms with Gasteiger partial charge in [0.05, 0.1) is 6.20 Å². The lowest BCUT2D eigenvalue weighted by Gasteiger charge is -2.20. The average Bonchev–Trinajstić information content (AvgIpc) is 2.91. The third kappa shape index (κ3) is 3.49. The maximum Gasteiger partial charge on any atom is 0.270 e. The van der Waals surface area contributed by atoms with Crippen LogP contribution in [-0.4, -0.2) is 32.2 Å². The summed E-state index contributed by atoms with van der Waals surface area (Å²) >= 11 is 0. The van der Waals surface area contributed by atoms with Crippen LogP contribution in [0.15, 0.2) is 12.4 Å². The number of amides is 1. The van der Waals surface area contributed by atoms with E-state index in [9.17, 15) is 4.79 Å². The number of aryl methyl sites for hydroxylation is 1. The van der Waals surface area contributed by atoms with Crippen molar-refractivity contribution in [1.82, 2.24) is 25.1 Å². The third-order valence-corrected chi connectivity index (χ3v) is 3.74. The zero-order chi connectivity index (χ0) is 16.4. The van der Waals surface area contributed by atoms with Gasteiger partial charge in [-0.2, -0.15) is 5.10 Å². The van der Waals surface area contributed by atoms with Crippen molar-refractivity contribution in [3.8, 4) is 0 Å². The minimum Gasteiger partial charge on any atom is -0.366 e. The molecule has 7 nitrogen and oxygen atoms in total. The number of carbonyl (C=O) groups excluding carboxylic acids is 1. The summed E-state index contributed by atoms with van der Waals surface area (Å²) < 4.78 is 1.77. The van der Waals surface area contributed by atoms with Gasteiger partial charge in [0.15, 0.2) is 0 Å². The van der Waals surface area contributed by atoms with Crippen molar-refractivity contribution in [3.05, 3.63) is 35.0 Å². The lowest BCUT2D eigenvalue weighted by molar-refractivity contribution is 0.0940. The van der Waals surface area contributed by atoms with Crippen LogP contribution in [0.1, 0.15) is 41.3 Å². The first kappa shape index (κ1) is 15.5. The van der Waals surface area contributed by atoms with Gasteiger partial charge in [-0.25, -0.2) is 9.97 Å². The van der Waals surface area contributed by atoms with Crippen LogP contribution in [0, 0.1) is 5.92 Å². The van der Waals surface area contributed by atoms with Gasteiger partial charge in [-0.15, -0.1) is 0 Å². The number of fused-ring (bicyclic) bond motifs is 1. The molecule has 3 rings (SSSR count). The van der Waals surface area contributed by atoms with E-state index in [-0.39, 0.29) is 5.91 Å². The quantitative estimate of drug-likeness (QED) is 0.869. The van der Waals surface area contributed by atoms with Gasteiger partial charge in [0, 0.05) is 43.9 Å². The molecule has 7 heteroatoms.